The third-order valence-corrected chi connectivity index (χ3v) is 4.16. The molecule has 0 radical (unpaired) electrons. The lowest BCUT2D eigenvalue weighted by atomic mass is 10.1. The second kappa shape index (κ2) is 4.13. The topological polar surface area (TPSA) is 70.0 Å². The van der Waals surface area contributed by atoms with Gasteiger partial charge >= 0.3 is 0 Å². The van der Waals surface area contributed by atoms with Crippen LogP contribution in [-0.4, -0.2) is 17.5 Å². The summed E-state index contributed by atoms with van der Waals surface area (Å²) in [6, 6.07) is 9.65. The first-order valence-electron chi connectivity index (χ1n) is 5.72. The van der Waals surface area contributed by atoms with E-state index in [9.17, 15) is 9.59 Å². The van der Waals surface area contributed by atoms with Crippen LogP contribution in [0.4, 0.5) is 0 Å². The molecule has 1 aliphatic rings. The van der Waals surface area contributed by atoms with Gasteiger partial charge in [0.25, 0.3) is 11.8 Å². The summed E-state index contributed by atoms with van der Waals surface area (Å²) < 4.78 is 0. The third kappa shape index (κ3) is 1.88. The molecule has 0 aliphatic carbocycles. The van der Waals surface area contributed by atoms with Crippen LogP contribution in [0.3, 0.4) is 0 Å². The Hall–Kier alpha value is -2.27. The maximum absolute atomic E-state index is 11.7. The number of carbonyl (C=O) groups excluding carboxylic acids is 2. The molecule has 0 atom stereocenters. The van der Waals surface area contributed by atoms with E-state index in [1.807, 2.05) is 31.2 Å². The maximum atomic E-state index is 11.7. The molecule has 0 spiro atoms. The molecule has 1 aromatic heterocycles. The third-order valence-electron chi connectivity index (χ3n) is 2.96. The monoisotopic (exact) mass is 270 g/mol. The standard InChI is InChI=1S/C14H10N2O2S/c1-7-3-2-4-8(5-7)10-6-9-12(19-10)11(15)14(18)16-13(9)17/h2-6,15H,1H3,(H,16,17,18). The smallest absolute Gasteiger partial charge is 0.277 e. The van der Waals surface area contributed by atoms with Gasteiger partial charge in [-0.25, -0.2) is 0 Å². The molecule has 2 aromatic rings. The highest BCUT2D eigenvalue weighted by molar-refractivity contribution is 7.18. The van der Waals surface area contributed by atoms with Gasteiger partial charge in [-0.3, -0.25) is 20.3 Å². The average Bonchev–Trinajstić information content (AvgIpc) is 2.82. The van der Waals surface area contributed by atoms with Gasteiger partial charge < -0.3 is 0 Å². The van der Waals surface area contributed by atoms with Gasteiger partial charge in [0.2, 0.25) is 0 Å². The van der Waals surface area contributed by atoms with Crippen molar-refractivity contribution >= 4 is 28.9 Å². The first-order valence-corrected chi connectivity index (χ1v) is 6.53. The molecular weight excluding hydrogens is 260 g/mol. The lowest BCUT2D eigenvalue weighted by molar-refractivity contribution is -0.114. The van der Waals surface area contributed by atoms with Crippen molar-refractivity contribution in [3.8, 4) is 10.4 Å². The fraction of sp³-hybridized carbons (Fsp3) is 0.0714. The van der Waals surface area contributed by atoms with E-state index < -0.39 is 11.8 Å². The molecule has 19 heavy (non-hydrogen) atoms. The van der Waals surface area contributed by atoms with Crippen molar-refractivity contribution in [2.75, 3.05) is 0 Å². The summed E-state index contributed by atoms with van der Waals surface area (Å²) in [7, 11) is 0. The molecule has 3 rings (SSSR count). The van der Waals surface area contributed by atoms with Crippen LogP contribution in [0.2, 0.25) is 0 Å². The average molecular weight is 270 g/mol. The highest BCUT2D eigenvalue weighted by Crippen LogP contribution is 2.33. The largest absolute Gasteiger partial charge is 0.294 e. The van der Waals surface area contributed by atoms with Gasteiger partial charge in [0.15, 0.2) is 0 Å². The van der Waals surface area contributed by atoms with Crippen molar-refractivity contribution in [3.63, 3.8) is 0 Å². The highest BCUT2D eigenvalue weighted by Gasteiger charge is 2.30. The molecule has 0 saturated heterocycles. The fourth-order valence-corrected chi connectivity index (χ4v) is 3.12. The molecule has 5 heteroatoms. The van der Waals surface area contributed by atoms with Crippen molar-refractivity contribution < 1.29 is 9.59 Å². The van der Waals surface area contributed by atoms with Crippen LogP contribution in [-0.2, 0) is 4.79 Å². The molecule has 94 valence electrons. The number of hydrogen-bond acceptors (Lipinski definition) is 4. The minimum absolute atomic E-state index is 0.140. The minimum atomic E-state index is -0.629. The predicted octanol–water partition coefficient (Wildman–Crippen LogP) is 2.36. The van der Waals surface area contributed by atoms with E-state index in [-0.39, 0.29) is 5.71 Å². The number of aryl methyl sites for hydroxylation is 1. The lowest BCUT2D eigenvalue weighted by Gasteiger charge is -2.10. The summed E-state index contributed by atoms with van der Waals surface area (Å²) in [4.78, 5) is 24.5. The molecule has 2 N–H and O–H groups in total. The molecular formula is C14H10N2O2S. The Kier molecular flexibility index (Phi) is 2.57. The molecule has 1 aliphatic heterocycles. The summed E-state index contributed by atoms with van der Waals surface area (Å²) in [5, 5.41) is 9.90. The zero-order valence-corrected chi connectivity index (χ0v) is 10.9. The Labute approximate surface area is 113 Å². The van der Waals surface area contributed by atoms with Gasteiger partial charge in [0.05, 0.1) is 10.4 Å². The second-order valence-electron chi connectivity index (χ2n) is 4.38. The summed E-state index contributed by atoms with van der Waals surface area (Å²) in [5.41, 5.74) is 2.39. The molecule has 4 nitrogen and oxygen atoms in total. The van der Waals surface area contributed by atoms with Gasteiger partial charge in [-0.1, -0.05) is 29.8 Å². The van der Waals surface area contributed by atoms with E-state index in [0.717, 1.165) is 16.0 Å². The molecule has 1 aromatic carbocycles. The minimum Gasteiger partial charge on any atom is -0.294 e. The van der Waals surface area contributed by atoms with Crippen LogP contribution >= 0.6 is 11.3 Å². The van der Waals surface area contributed by atoms with Crippen LogP contribution in [0.5, 0.6) is 0 Å². The Bertz CT molecular complexity index is 731. The van der Waals surface area contributed by atoms with Crippen molar-refractivity contribution in [2.24, 2.45) is 0 Å². The number of carbonyl (C=O) groups is 2. The van der Waals surface area contributed by atoms with Gasteiger partial charge in [0, 0.05) is 4.88 Å². The van der Waals surface area contributed by atoms with E-state index in [1.165, 1.54) is 11.3 Å². The van der Waals surface area contributed by atoms with E-state index in [0.29, 0.717) is 10.4 Å². The molecule has 2 amide bonds. The zero-order valence-electron chi connectivity index (χ0n) is 10.1. The predicted molar refractivity (Wildman–Crippen MR) is 73.8 cm³/mol. The molecule has 0 fully saturated rings. The lowest BCUT2D eigenvalue weighted by Crippen LogP contribution is -2.41. The van der Waals surface area contributed by atoms with Gasteiger partial charge in [-0.2, -0.15) is 0 Å². The number of imide groups is 1. The van der Waals surface area contributed by atoms with E-state index in [2.05, 4.69) is 5.32 Å². The van der Waals surface area contributed by atoms with Crippen LogP contribution in [0, 0.1) is 12.3 Å². The number of rotatable bonds is 1. The van der Waals surface area contributed by atoms with E-state index in [1.54, 1.807) is 6.07 Å². The quantitative estimate of drug-likeness (QED) is 0.781. The molecule has 2 heterocycles. The zero-order chi connectivity index (χ0) is 13.6. The van der Waals surface area contributed by atoms with Gasteiger partial charge in [0.1, 0.15) is 5.71 Å². The van der Waals surface area contributed by atoms with Gasteiger partial charge in [-0.15, -0.1) is 11.3 Å². The number of benzene rings is 1. The SMILES string of the molecule is Cc1cccc(-c2cc3c(s2)C(=N)C(=O)NC3=O)c1. The molecule has 0 bridgehead atoms. The summed E-state index contributed by atoms with van der Waals surface area (Å²) in [6.07, 6.45) is 0. The summed E-state index contributed by atoms with van der Waals surface area (Å²) >= 11 is 1.31. The number of amides is 2. The number of fused-ring (bicyclic) bond motifs is 1. The fourth-order valence-electron chi connectivity index (χ4n) is 2.02. The Morgan fingerprint density at radius 1 is 1.16 bits per heavy atom. The van der Waals surface area contributed by atoms with Crippen molar-refractivity contribution in [3.05, 3.63) is 46.3 Å². The highest BCUT2D eigenvalue weighted by atomic mass is 32.1. The molecule has 0 unspecified atom stereocenters. The number of nitrogens with one attached hydrogen (secondary N) is 2. The van der Waals surface area contributed by atoms with Gasteiger partial charge in [-0.05, 0) is 18.6 Å². The first kappa shape index (κ1) is 11.8. The van der Waals surface area contributed by atoms with Crippen LogP contribution in [0.25, 0.3) is 10.4 Å². The number of hydrogen-bond donors (Lipinski definition) is 2. The summed E-state index contributed by atoms with van der Waals surface area (Å²) in [6.45, 7) is 2.00. The van der Waals surface area contributed by atoms with Crippen LogP contribution in [0.15, 0.2) is 30.3 Å². The first-order chi connectivity index (χ1) is 9.06. The Balaban J connectivity index is 2.15. The second-order valence-corrected chi connectivity index (χ2v) is 5.43. The Morgan fingerprint density at radius 2 is 1.95 bits per heavy atom. The maximum Gasteiger partial charge on any atom is 0.277 e. The van der Waals surface area contributed by atoms with Crippen LogP contribution < -0.4 is 5.32 Å². The van der Waals surface area contributed by atoms with Crippen molar-refractivity contribution in [1.29, 1.82) is 5.41 Å². The summed E-state index contributed by atoms with van der Waals surface area (Å²) in [5.74, 6) is -1.05. The normalized spacial score (nSPS) is 14.3. The van der Waals surface area contributed by atoms with Crippen molar-refractivity contribution in [1.82, 2.24) is 5.32 Å². The van der Waals surface area contributed by atoms with E-state index >= 15 is 0 Å². The Morgan fingerprint density at radius 3 is 2.68 bits per heavy atom. The van der Waals surface area contributed by atoms with Crippen LogP contribution in [0.1, 0.15) is 20.8 Å². The van der Waals surface area contributed by atoms with Crippen molar-refractivity contribution in [2.45, 2.75) is 6.92 Å². The number of thiophene rings is 1. The molecule has 0 saturated carbocycles. The van der Waals surface area contributed by atoms with E-state index in [4.69, 9.17) is 5.41 Å².